The fourth-order valence-electron chi connectivity index (χ4n) is 3.74. The molecule has 1 aromatic heterocycles. The van der Waals surface area contributed by atoms with Crippen LogP contribution in [0.4, 0.5) is 13.2 Å². The highest BCUT2D eigenvalue weighted by Gasteiger charge is 2.47. The minimum Gasteiger partial charge on any atom is -0.507 e. The van der Waals surface area contributed by atoms with Crippen LogP contribution < -0.4 is 15.1 Å². The second-order valence-electron chi connectivity index (χ2n) is 7.16. The zero-order chi connectivity index (χ0) is 23.6. The number of alkyl halides is 3. The zero-order valence-electron chi connectivity index (χ0n) is 17.6. The molecule has 3 rings (SSSR count). The van der Waals surface area contributed by atoms with Gasteiger partial charge in [-0.05, 0) is 19.4 Å². The number of amides is 1. The van der Waals surface area contributed by atoms with Crippen LogP contribution in [-0.2, 0) is 4.79 Å². The summed E-state index contributed by atoms with van der Waals surface area (Å²) >= 11 is 1.33. The predicted octanol–water partition coefficient (Wildman–Crippen LogP) is 3.98. The molecule has 2 aromatic rings. The maximum Gasteiger partial charge on any atom is 0.471 e. The Morgan fingerprint density at radius 1 is 1.25 bits per heavy atom. The van der Waals surface area contributed by atoms with E-state index in [0.717, 1.165) is 6.07 Å². The molecule has 1 saturated heterocycles. The van der Waals surface area contributed by atoms with Gasteiger partial charge >= 0.3 is 17.7 Å². The summed E-state index contributed by atoms with van der Waals surface area (Å²) in [6, 6.07) is 4.85. The minimum absolute atomic E-state index is 0.0729. The van der Waals surface area contributed by atoms with Gasteiger partial charge in [-0.25, -0.2) is 4.79 Å². The summed E-state index contributed by atoms with van der Waals surface area (Å²) in [5, 5.41) is 9.98. The first-order valence-corrected chi connectivity index (χ1v) is 10.7. The summed E-state index contributed by atoms with van der Waals surface area (Å²) in [6.45, 7) is 1.16. The van der Waals surface area contributed by atoms with E-state index in [2.05, 4.69) is 0 Å². The van der Waals surface area contributed by atoms with Gasteiger partial charge in [0.2, 0.25) is 0 Å². The van der Waals surface area contributed by atoms with Crippen LogP contribution in [-0.4, -0.2) is 48.6 Å². The lowest BCUT2D eigenvalue weighted by atomic mass is 9.96. The molecule has 0 bridgehead atoms. The molecule has 1 amide bonds. The first kappa shape index (κ1) is 23.8. The van der Waals surface area contributed by atoms with Crippen LogP contribution in [0.15, 0.2) is 33.5 Å². The first-order chi connectivity index (χ1) is 15.1. The highest BCUT2D eigenvalue weighted by molar-refractivity contribution is 7.99. The molecular formula is C21H22F3NO6S. The molecule has 2 heterocycles. The Morgan fingerprint density at radius 3 is 2.56 bits per heavy atom. The highest BCUT2D eigenvalue weighted by Crippen LogP contribution is 2.47. The molecule has 0 radical (unpaired) electrons. The van der Waals surface area contributed by atoms with E-state index in [4.69, 9.17) is 13.9 Å². The Hall–Kier alpha value is -2.82. The van der Waals surface area contributed by atoms with Gasteiger partial charge < -0.3 is 23.9 Å². The van der Waals surface area contributed by atoms with Crippen LogP contribution in [0.1, 0.15) is 34.6 Å². The largest absolute Gasteiger partial charge is 0.507 e. The lowest BCUT2D eigenvalue weighted by Gasteiger charge is -2.31. The number of nitrogens with zero attached hydrogens (tertiary/aromatic N) is 1. The van der Waals surface area contributed by atoms with Gasteiger partial charge in [-0.2, -0.15) is 24.9 Å². The van der Waals surface area contributed by atoms with E-state index in [1.54, 1.807) is 18.2 Å². The summed E-state index contributed by atoms with van der Waals surface area (Å²) in [4.78, 5) is 25.4. The Labute approximate surface area is 186 Å². The van der Waals surface area contributed by atoms with Crippen LogP contribution in [0.5, 0.6) is 17.2 Å². The number of hydrogen-bond acceptors (Lipinski definition) is 7. The van der Waals surface area contributed by atoms with Crippen molar-refractivity contribution in [3.8, 4) is 17.2 Å². The number of ether oxygens (including phenoxy) is 2. The topological polar surface area (TPSA) is 89.2 Å². The fraction of sp³-hybridized carbons (Fsp3) is 0.429. The number of rotatable bonds is 4. The highest BCUT2D eigenvalue weighted by atomic mass is 32.2. The van der Waals surface area contributed by atoms with Gasteiger partial charge in [-0.3, -0.25) is 4.79 Å². The van der Waals surface area contributed by atoms with Crippen molar-refractivity contribution in [2.75, 3.05) is 26.5 Å². The summed E-state index contributed by atoms with van der Waals surface area (Å²) in [7, 11) is 2.95. The van der Waals surface area contributed by atoms with E-state index in [0.29, 0.717) is 22.0 Å². The van der Waals surface area contributed by atoms with E-state index < -0.39 is 34.8 Å². The molecule has 1 aromatic carbocycles. The van der Waals surface area contributed by atoms with E-state index >= 15 is 0 Å². The van der Waals surface area contributed by atoms with Gasteiger partial charge in [0, 0.05) is 35.2 Å². The lowest BCUT2D eigenvalue weighted by Crippen LogP contribution is -2.45. The summed E-state index contributed by atoms with van der Waals surface area (Å²) in [5.74, 6) is -1.33. The molecule has 2 unspecified atom stereocenters. The normalized spacial score (nSPS) is 19.4. The lowest BCUT2D eigenvalue weighted by molar-refractivity contribution is -0.187. The van der Waals surface area contributed by atoms with Crippen LogP contribution in [0.25, 0.3) is 0 Å². The maximum atomic E-state index is 13.3. The van der Waals surface area contributed by atoms with Crippen molar-refractivity contribution in [3.05, 3.63) is 51.6 Å². The van der Waals surface area contributed by atoms with Crippen molar-refractivity contribution in [2.45, 2.75) is 30.8 Å². The number of thioether (sulfide) groups is 1. The smallest absolute Gasteiger partial charge is 0.471 e. The third kappa shape index (κ3) is 4.82. The molecule has 0 aliphatic carbocycles. The van der Waals surface area contributed by atoms with Crippen LogP contribution in [0.2, 0.25) is 0 Å². The standard InChI is InChI=1S/C21H22F3NO6S/c1-11-8-15(26)18(19(27)31-11)14-10-17(13-5-4-12(29-2)9-16(13)30-3)32-7-6-25(14)20(28)21(22,23)24/h4-5,8-9,14,17,26H,6-7,10H2,1-3H3. The fourth-order valence-corrected chi connectivity index (χ4v) is 5.02. The third-order valence-electron chi connectivity index (χ3n) is 5.18. The minimum atomic E-state index is -5.14. The van der Waals surface area contributed by atoms with Crippen molar-refractivity contribution < 1.29 is 37.0 Å². The Balaban J connectivity index is 2.11. The number of carbonyl (C=O) groups is 1. The molecule has 11 heteroatoms. The molecule has 7 nitrogen and oxygen atoms in total. The molecule has 0 spiro atoms. The number of benzene rings is 1. The molecular weight excluding hydrogens is 451 g/mol. The van der Waals surface area contributed by atoms with Crippen molar-refractivity contribution >= 4 is 17.7 Å². The average molecular weight is 473 g/mol. The number of halogens is 3. The van der Waals surface area contributed by atoms with Crippen LogP contribution in [0, 0.1) is 6.92 Å². The predicted molar refractivity (Wildman–Crippen MR) is 111 cm³/mol. The van der Waals surface area contributed by atoms with Crippen molar-refractivity contribution in [2.24, 2.45) is 0 Å². The quantitative estimate of drug-likeness (QED) is 0.719. The third-order valence-corrected chi connectivity index (χ3v) is 6.45. The Bertz CT molecular complexity index is 1050. The molecule has 0 saturated carbocycles. The average Bonchev–Trinajstić information content (AvgIpc) is 2.94. The summed E-state index contributed by atoms with van der Waals surface area (Å²) in [5.41, 5.74) is -0.700. The Morgan fingerprint density at radius 2 is 1.97 bits per heavy atom. The molecule has 1 fully saturated rings. The number of aryl methyl sites for hydroxylation is 1. The second-order valence-corrected chi connectivity index (χ2v) is 8.47. The van der Waals surface area contributed by atoms with E-state index in [1.807, 2.05) is 0 Å². The molecule has 1 aliphatic heterocycles. The Kier molecular flexibility index (Phi) is 6.97. The number of carbonyl (C=O) groups excluding carboxylic acids is 1. The van der Waals surface area contributed by atoms with Crippen molar-refractivity contribution in [1.82, 2.24) is 4.90 Å². The van der Waals surface area contributed by atoms with E-state index in [1.165, 1.54) is 32.9 Å². The van der Waals surface area contributed by atoms with Gasteiger partial charge in [0.15, 0.2) is 0 Å². The monoisotopic (exact) mass is 473 g/mol. The molecule has 174 valence electrons. The van der Waals surface area contributed by atoms with Crippen molar-refractivity contribution in [1.29, 1.82) is 0 Å². The van der Waals surface area contributed by atoms with Crippen LogP contribution in [0.3, 0.4) is 0 Å². The van der Waals surface area contributed by atoms with Gasteiger partial charge in [0.25, 0.3) is 0 Å². The van der Waals surface area contributed by atoms with E-state index in [-0.39, 0.29) is 30.0 Å². The summed E-state index contributed by atoms with van der Waals surface area (Å²) in [6.07, 6.45) is -5.21. The van der Waals surface area contributed by atoms with Crippen molar-refractivity contribution in [3.63, 3.8) is 0 Å². The molecule has 1 N–H and O–H groups in total. The number of methoxy groups -OCH3 is 2. The number of aromatic hydroxyl groups is 1. The van der Waals surface area contributed by atoms with Gasteiger partial charge in [-0.1, -0.05) is 6.07 Å². The first-order valence-electron chi connectivity index (χ1n) is 9.61. The zero-order valence-corrected chi connectivity index (χ0v) is 18.4. The van der Waals surface area contributed by atoms with Gasteiger partial charge in [-0.15, -0.1) is 0 Å². The molecule has 1 aliphatic rings. The van der Waals surface area contributed by atoms with Gasteiger partial charge in [0.1, 0.15) is 28.6 Å². The maximum absolute atomic E-state index is 13.3. The second kappa shape index (κ2) is 9.35. The van der Waals surface area contributed by atoms with Gasteiger partial charge in [0.05, 0.1) is 20.3 Å². The molecule has 2 atom stereocenters. The SMILES string of the molecule is COc1ccc(C2CC(c3c(O)cc(C)oc3=O)N(C(=O)C(F)(F)F)CCS2)c(OC)c1. The van der Waals surface area contributed by atoms with E-state index in [9.17, 15) is 27.9 Å². The van der Waals surface area contributed by atoms with Crippen LogP contribution >= 0.6 is 11.8 Å². The summed E-state index contributed by atoms with van der Waals surface area (Å²) < 4.78 is 55.7. The number of hydrogen-bond donors (Lipinski definition) is 1. The molecule has 32 heavy (non-hydrogen) atoms.